The van der Waals surface area contributed by atoms with Crippen LogP contribution in [0.3, 0.4) is 0 Å². The molecule has 0 spiro atoms. The number of imidazole rings is 1. The lowest BCUT2D eigenvalue weighted by Crippen LogP contribution is -3.00. The van der Waals surface area contributed by atoms with Crippen LogP contribution in [0.15, 0.2) is 30.9 Å². The predicted molar refractivity (Wildman–Crippen MR) is 77.0 cm³/mol. The van der Waals surface area contributed by atoms with E-state index in [0.717, 1.165) is 12.0 Å². The van der Waals surface area contributed by atoms with E-state index < -0.39 is 0 Å². The molecule has 0 N–H and O–H groups in total. The van der Waals surface area contributed by atoms with Gasteiger partial charge in [0.15, 0.2) is 0 Å². The van der Waals surface area contributed by atoms with E-state index in [-0.39, 0.29) is 30.0 Å². The number of benzene rings is 1. The highest BCUT2D eigenvalue weighted by atomic mass is 127. The Morgan fingerprint density at radius 3 is 2.52 bits per heavy atom. The van der Waals surface area contributed by atoms with E-state index >= 15 is 0 Å². The number of carbonyl (C=O) groups is 1. The van der Waals surface area contributed by atoms with E-state index in [1.54, 1.807) is 17.1 Å². The van der Waals surface area contributed by atoms with Gasteiger partial charge in [-0.1, -0.05) is 23.2 Å². The molecule has 3 rings (SSSR count). The maximum absolute atomic E-state index is 12.4. The van der Waals surface area contributed by atoms with Gasteiger partial charge < -0.3 is 24.0 Å². The van der Waals surface area contributed by atoms with Crippen molar-refractivity contribution in [2.45, 2.75) is 13.0 Å². The van der Waals surface area contributed by atoms with Crippen LogP contribution >= 0.6 is 23.2 Å². The summed E-state index contributed by atoms with van der Waals surface area (Å²) in [6.45, 7) is 1.25. The number of carbonyl (C=O) groups excluding carboxylic acids is 1. The SMILES string of the molecule is C[n+]1ccn(C(=O)N2CCc3cc(Cl)c(Cl)cc3C2)c1.[I-]. The minimum atomic E-state index is -0.0256. The third kappa shape index (κ3) is 3.35. The highest BCUT2D eigenvalue weighted by Gasteiger charge is 2.25. The van der Waals surface area contributed by atoms with Crippen molar-refractivity contribution in [2.24, 2.45) is 7.05 Å². The first-order chi connectivity index (χ1) is 9.54. The van der Waals surface area contributed by atoms with E-state index in [1.807, 2.05) is 34.8 Å². The summed E-state index contributed by atoms with van der Waals surface area (Å²) < 4.78 is 3.43. The van der Waals surface area contributed by atoms with Gasteiger partial charge in [0.25, 0.3) is 6.33 Å². The summed E-state index contributed by atoms with van der Waals surface area (Å²) in [6.07, 6.45) is 6.15. The lowest BCUT2D eigenvalue weighted by Gasteiger charge is -2.27. The highest BCUT2D eigenvalue weighted by molar-refractivity contribution is 6.42. The van der Waals surface area contributed by atoms with Crippen LogP contribution in [-0.2, 0) is 20.0 Å². The standard InChI is InChI=1S/C14H14Cl2N3O.HI/c1-17-4-5-19(9-17)14(20)18-3-2-10-6-12(15)13(16)7-11(10)8-18;/h4-7,9H,2-3,8H2,1H3;1H/q+1;/p-1. The molecule has 1 amide bonds. The van der Waals surface area contributed by atoms with Gasteiger partial charge in [-0.3, -0.25) is 4.90 Å². The number of aryl methyl sites for hydroxylation is 1. The van der Waals surface area contributed by atoms with Gasteiger partial charge >= 0.3 is 6.03 Å². The molecule has 1 aromatic carbocycles. The zero-order valence-electron chi connectivity index (χ0n) is 11.4. The average Bonchev–Trinajstić information content (AvgIpc) is 2.85. The van der Waals surface area contributed by atoms with Gasteiger partial charge in [-0.05, 0) is 29.7 Å². The van der Waals surface area contributed by atoms with Crippen molar-refractivity contribution in [3.05, 3.63) is 52.0 Å². The molecule has 0 saturated heterocycles. The highest BCUT2D eigenvalue weighted by Crippen LogP contribution is 2.29. The van der Waals surface area contributed by atoms with Crippen LogP contribution < -0.4 is 28.5 Å². The molecule has 0 unspecified atom stereocenters. The van der Waals surface area contributed by atoms with Crippen LogP contribution in [-0.4, -0.2) is 22.0 Å². The molecular weight excluding hydrogens is 424 g/mol. The van der Waals surface area contributed by atoms with E-state index in [4.69, 9.17) is 23.2 Å². The van der Waals surface area contributed by atoms with Gasteiger partial charge in [-0.15, -0.1) is 0 Å². The Balaban J connectivity index is 0.00000161. The van der Waals surface area contributed by atoms with Crippen LogP contribution in [0.5, 0.6) is 0 Å². The number of hydrogen-bond donors (Lipinski definition) is 0. The Morgan fingerprint density at radius 1 is 1.24 bits per heavy atom. The quantitative estimate of drug-likeness (QED) is 0.409. The maximum atomic E-state index is 12.4. The van der Waals surface area contributed by atoms with Gasteiger partial charge in [-0.25, -0.2) is 9.36 Å². The molecule has 0 saturated carbocycles. The number of hydrogen-bond acceptors (Lipinski definition) is 1. The Bertz CT molecular complexity index is 687. The monoisotopic (exact) mass is 437 g/mol. The van der Waals surface area contributed by atoms with Crippen LogP contribution in [0.1, 0.15) is 11.1 Å². The van der Waals surface area contributed by atoms with Crippen molar-refractivity contribution in [1.82, 2.24) is 9.47 Å². The second-order valence-corrected chi connectivity index (χ2v) is 5.79. The van der Waals surface area contributed by atoms with Crippen LogP contribution in [0, 0.1) is 0 Å². The normalized spacial score (nSPS) is 13.6. The average molecular weight is 438 g/mol. The fourth-order valence-electron chi connectivity index (χ4n) is 2.44. The Morgan fingerprint density at radius 2 is 1.90 bits per heavy atom. The van der Waals surface area contributed by atoms with Gasteiger partial charge in [0, 0.05) is 13.1 Å². The lowest BCUT2D eigenvalue weighted by atomic mass is 10.00. The van der Waals surface area contributed by atoms with Gasteiger partial charge in [0.2, 0.25) is 0 Å². The number of rotatable bonds is 0. The molecule has 2 heterocycles. The lowest BCUT2D eigenvalue weighted by molar-refractivity contribution is -0.670. The summed E-state index contributed by atoms with van der Waals surface area (Å²) in [5, 5.41) is 1.11. The molecular formula is C14H14Cl2IN3O. The van der Waals surface area contributed by atoms with Gasteiger partial charge in [-0.2, -0.15) is 4.57 Å². The van der Waals surface area contributed by atoms with E-state index in [1.165, 1.54) is 5.56 Å². The number of fused-ring (bicyclic) bond motifs is 1. The minimum absolute atomic E-state index is 0. The zero-order chi connectivity index (χ0) is 14.3. The molecule has 0 radical (unpaired) electrons. The molecule has 2 aromatic rings. The Hall–Kier alpha value is -0.790. The smallest absolute Gasteiger partial charge is 0.416 e. The van der Waals surface area contributed by atoms with Gasteiger partial charge in [0.05, 0.1) is 17.1 Å². The number of nitrogens with zero attached hydrogens (tertiary/aromatic N) is 3. The Labute approximate surface area is 150 Å². The van der Waals surface area contributed by atoms with Crippen molar-refractivity contribution in [3.63, 3.8) is 0 Å². The molecule has 0 atom stereocenters. The number of halogens is 3. The fourth-order valence-corrected chi connectivity index (χ4v) is 2.81. The topological polar surface area (TPSA) is 29.1 Å². The largest absolute Gasteiger partial charge is 1.00 e. The Kier molecular flexibility index (Phi) is 5.16. The second kappa shape index (κ2) is 6.54. The third-order valence-electron chi connectivity index (χ3n) is 3.52. The zero-order valence-corrected chi connectivity index (χ0v) is 15.1. The van der Waals surface area contributed by atoms with Crippen molar-refractivity contribution >= 4 is 29.2 Å². The van der Waals surface area contributed by atoms with Crippen LogP contribution in [0.25, 0.3) is 0 Å². The summed E-state index contributed by atoms with van der Waals surface area (Å²) in [7, 11) is 1.89. The van der Waals surface area contributed by atoms with Crippen LogP contribution in [0.4, 0.5) is 4.79 Å². The molecule has 4 nitrogen and oxygen atoms in total. The second-order valence-electron chi connectivity index (χ2n) is 4.98. The van der Waals surface area contributed by atoms with Gasteiger partial charge in [0.1, 0.15) is 12.4 Å². The molecule has 21 heavy (non-hydrogen) atoms. The first-order valence-electron chi connectivity index (χ1n) is 6.34. The van der Waals surface area contributed by atoms with Crippen LogP contribution in [0.2, 0.25) is 10.0 Å². The predicted octanol–water partition coefficient (Wildman–Crippen LogP) is -0.350. The molecule has 0 bridgehead atoms. The van der Waals surface area contributed by atoms with Crippen molar-refractivity contribution in [3.8, 4) is 0 Å². The molecule has 1 aromatic heterocycles. The minimum Gasteiger partial charge on any atom is -1.00 e. The van der Waals surface area contributed by atoms with Crippen molar-refractivity contribution in [1.29, 1.82) is 0 Å². The first kappa shape index (κ1) is 16.6. The molecule has 1 aliphatic rings. The van der Waals surface area contributed by atoms with E-state index in [2.05, 4.69) is 0 Å². The maximum Gasteiger partial charge on any atom is 0.416 e. The van der Waals surface area contributed by atoms with Crippen molar-refractivity contribution in [2.75, 3.05) is 6.54 Å². The number of aromatic nitrogens is 2. The van der Waals surface area contributed by atoms with E-state index in [9.17, 15) is 4.79 Å². The first-order valence-corrected chi connectivity index (χ1v) is 7.09. The molecule has 1 aliphatic heterocycles. The summed E-state index contributed by atoms with van der Waals surface area (Å²) in [5.74, 6) is 0. The fraction of sp³-hybridized carbons (Fsp3) is 0.286. The molecule has 0 fully saturated rings. The molecule has 0 aliphatic carbocycles. The third-order valence-corrected chi connectivity index (χ3v) is 4.24. The molecule has 7 heteroatoms. The summed E-state index contributed by atoms with van der Waals surface area (Å²) in [6, 6.07) is 3.73. The van der Waals surface area contributed by atoms with E-state index in [0.29, 0.717) is 23.1 Å². The summed E-state index contributed by atoms with van der Waals surface area (Å²) in [4.78, 5) is 14.2. The molecule has 112 valence electrons. The van der Waals surface area contributed by atoms with Crippen molar-refractivity contribution < 1.29 is 33.3 Å². The number of amides is 1. The summed E-state index contributed by atoms with van der Waals surface area (Å²) >= 11 is 12.1. The summed E-state index contributed by atoms with van der Waals surface area (Å²) in [5.41, 5.74) is 2.23.